The molecule has 0 bridgehead atoms. The molecule has 7 nitrogen and oxygen atoms in total. The van der Waals surface area contributed by atoms with E-state index in [0.29, 0.717) is 31.3 Å². The maximum absolute atomic E-state index is 14.2. The quantitative estimate of drug-likeness (QED) is 0.510. The summed E-state index contributed by atoms with van der Waals surface area (Å²) in [5, 5.41) is 7.45. The van der Waals surface area contributed by atoms with Crippen LogP contribution in [0.4, 0.5) is 0 Å². The minimum atomic E-state index is -1.15. The topological polar surface area (TPSA) is 77.0 Å². The SMILES string of the molecule is CCCNCCN1C(=O)CN2CC(C)CN=C2SCC1(C(=O)NCc1ccccc1)c1ccccc1. The van der Waals surface area contributed by atoms with Crippen molar-refractivity contribution in [2.24, 2.45) is 10.9 Å². The van der Waals surface area contributed by atoms with Crippen molar-refractivity contribution in [1.82, 2.24) is 20.4 Å². The van der Waals surface area contributed by atoms with Gasteiger partial charge in [-0.25, -0.2) is 0 Å². The zero-order chi connectivity index (χ0) is 25.4. The Morgan fingerprint density at radius 1 is 1.11 bits per heavy atom. The highest BCUT2D eigenvalue weighted by Crippen LogP contribution is 2.36. The highest BCUT2D eigenvalue weighted by molar-refractivity contribution is 8.13. The van der Waals surface area contributed by atoms with Crippen LogP contribution >= 0.6 is 11.8 Å². The predicted molar refractivity (Wildman–Crippen MR) is 147 cm³/mol. The molecule has 2 unspecified atom stereocenters. The third-order valence-electron chi connectivity index (χ3n) is 6.70. The van der Waals surface area contributed by atoms with Gasteiger partial charge in [0.05, 0.1) is 6.54 Å². The minimum absolute atomic E-state index is 0.0471. The van der Waals surface area contributed by atoms with Crippen molar-refractivity contribution >= 4 is 28.7 Å². The van der Waals surface area contributed by atoms with Crippen LogP contribution < -0.4 is 10.6 Å². The molecule has 36 heavy (non-hydrogen) atoms. The number of amides is 2. The molecule has 8 heteroatoms. The van der Waals surface area contributed by atoms with Crippen molar-refractivity contribution < 1.29 is 9.59 Å². The molecule has 192 valence electrons. The van der Waals surface area contributed by atoms with Gasteiger partial charge in [-0.2, -0.15) is 0 Å². The van der Waals surface area contributed by atoms with Crippen LogP contribution in [-0.2, 0) is 21.7 Å². The fourth-order valence-electron chi connectivity index (χ4n) is 4.83. The van der Waals surface area contributed by atoms with Gasteiger partial charge in [0.1, 0.15) is 0 Å². The van der Waals surface area contributed by atoms with Gasteiger partial charge in [0, 0.05) is 38.5 Å². The number of amidine groups is 1. The molecule has 0 spiro atoms. The molecule has 2 aliphatic rings. The van der Waals surface area contributed by atoms with Crippen molar-refractivity contribution in [3.05, 3.63) is 71.8 Å². The molecule has 0 saturated carbocycles. The van der Waals surface area contributed by atoms with E-state index < -0.39 is 5.54 Å². The second-order valence-electron chi connectivity index (χ2n) is 9.59. The van der Waals surface area contributed by atoms with Crippen LogP contribution in [-0.4, -0.2) is 71.8 Å². The number of aliphatic imine (C=N–C) groups is 1. The molecule has 2 atom stereocenters. The number of hydrogen-bond acceptors (Lipinski definition) is 6. The summed E-state index contributed by atoms with van der Waals surface area (Å²) in [5.74, 6) is 0.594. The van der Waals surface area contributed by atoms with Crippen molar-refractivity contribution in [2.75, 3.05) is 45.0 Å². The van der Waals surface area contributed by atoms with Gasteiger partial charge in [0.15, 0.2) is 10.7 Å². The zero-order valence-corrected chi connectivity index (χ0v) is 22.1. The fourth-order valence-corrected chi connectivity index (χ4v) is 6.11. The molecule has 0 radical (unpaired) electrons. The van der Waals surface area contributed by atoms with Gasteiger partial charge in [0.2, 0.25) is 5.91 Å². The van der Waals surface area contributed by atoms with Gasteiger partial charge in [0.25, 0.3) is 5.91 Å². The van der Waals surface area contributed by atoms with Gasteiger partial charge < -0.3 is 20.4 Å². The Bertz CT molecular complexity index is 1050. The first-order valence-electron chi connectivity index (χ1n) is 12.9. The van der Waals surface area contributed by atoms with Crippen molar-refractivity contribution in [2.45, 2.75) is 32.4 Å². The van der Waals surface area contributed by atoms with E-state index in [1.54, 1.807) is 11.8 Å². The summed E-state index contributed by atoms with van der Waals surface area (Å²) in [6.07, 6.45) is 1.01. The second-order valence-corrected chi connectivity index (χ2v) is 10.5. The third kappa shape index (κ3) is 5.93. The lowest BCUT2D eigenvalue weighted by atomic mass is 9.87. The van der Waals surface area contributed by atoms with Crippen LogP contribution in [0.1, 0.15) is 31.4 Å². The number of nitrogens with one attached hydrogen (secondary N) is 2. The molecule has 2 amide bonds. The summed E-state index contributed by atoms with van der Waals surface area (Å²) in [5.41, 5.74) is 0.695. The van der Waals surface area contributed by atoms with Gasteiger partial charge >= 0.3 is 0 Å². The monoisotopic (exact) mass is 507 g/mol. The van der Waals surface area contributed by atoms with Crippen LogP contribution in [0, 0.1) is 5.92 Å². The van der Waals surface area contributed by atoms with E-state index in [4.69, 9.17) is 4.99 Å². The third-order valence-corrected chi connectivity index (χ3v) is 7.91. The number of carbonyl (C=O) groups excluding carboxylic acids is 2. The first-order valence-corrected chi connectivity index (χ1v) is 13.8. The second kappa shape index (κ2) is 12.4. The molecule has 0 aliphatic carbocycles. The van der Waals surface area contributed by atoms with E-state index in [0.717, 1.165) is 42.3 Å². The highest BCUT2D eigenvalue weighted by Gasteiger charge is 2.50. The van der Waals surface area contributed by atoms with Crippen LogP contribution in [0.15, 0.2) is 65.7 Å². The van der Waals surface area contributed by atoms with Crippen molar-refractivity contribution in [1.29, 1.82) is 0 Å². The summed E-state index contributed by atoms with van der Waals surface area (Å²) < 4.78 is 0. The number of rotatable bonds is 9. The number of benzene rings is 2. The lowest BCUT2D eigenvalue weighted by Gasteiger charge is -2.46. The van der Waals surface area contributed by atoms with E-state index in [9.17, 15) is 9.59 Å². The number of thioether (sulfide) groups is 1. The number of fused-ring (bicyclic) bond motifs is 1. The Morgan fingerprint density at radius 3 is 2.56 bits per heavy atom. The molecule has 2 N–H and O–H groups in total. The molecule has 0 aromatic heterocycles. The predicted octanol–water partition coefficient (Wildman–Crippen LogP) is 3.08. The van der Waals surface area contributed by atoms with E-state index in [-0.39, 0.29) is 18.4 Å². The first-order chi connectivity index (χ1) is 17.5. The Kier molecular flexibility index (Phi) is 9.04. The molecule has 2 aliphatic heterocycles. The average Bonchev–Trinajstić information content (AvgIpc) is 2.90. The van der Waals surface area contributed by atoms with Gasteiger partial charge in [-0.15, -0.1) is 0 Å². The van der Waals surface area contributed by atoms with E-state index in [1.807, 2.05) is 65.6 Å². The molecule has 2 aromatic rings. The summed E-state index contributed by atoms with van der Waals surface area (Å²) in [7, 11) is 0. The van der Waals surface area contributed by atoms with Crippen molar-refractivity contribution in [3.63, 3.8) is 0 Å². The molecular formula is C28H37N5O2S. The molecular weight excluding hydrogens is 470 g/mol. The fraction of sp³-hybridized carbons (Fsp3) is 0.464. The number of nitrogens with zero attached hydrogens (tertiary/aromatic N) is 3. The van der Waals surface area contributed by atoms with E-state index in [1.165, 1.54) is 0 Å². The van der Waals surface area contributed by atoms with Crippen molar-refractivity contribution in [3.8, 4) is 0 Å². The maximum Gasteiger partial charge on any atom is 0.251 e. The van der Waals surface area contributed by atoms with Crippen LogP contribution in [0.2, 0.25) is 0 Å². The smallest absolute Gasteiger partial charge is 0.251 e. The molecule has 1 saturated heterocycles. The average molecular weight is 508 g/mol. The van der Waals surface area contributed by atoms with Gasteiger partial charge in [-0.3, -0.25) is 14.6 Å². The molecule has 2 heterocycles. The Morgan fingerprint density at radius 2 is 1.83 bits per heavy atom. The van der Waals surface area contributed by atoms with Crippen LogP contribution in [0.3, 0.4) is 0 Å². The molecule has 2 aromatic carbocycles. The van der Waals surface area contributed by atoms with Gasteiger partial charge in [-0.05, 0) is 30.0 Å². The lowest BCUT2D eigenvalue weighted by Crippen LogP contribution is -2.64. The minimum Gasteiger partial charge on any atom is -0.350 e. The summed E-state index contributed by atoms with van der Waals surface area (Å²) >= 11 is 1.59. The largest absolute Gasteiger partial charge is 0.350 e. The Balaban J connectivity index is 1.73. The number of carbonyl (C=O) groups is 2. The summed E-state index contributed by atoms with van der Waals surface area (Å²) in [6.45, 7) is 8.40. The van der Waals surface area contributed by atoms with E-state index >= 15 is 0 Å². The maximum atomic E-state index is 14.2. The Hall–Kier alpha value is -2.84. The van der Waals surface area contributed by atoms with Gasteiger partial charge in [-0.1, -0.05) is 86.3 Å². The lowest BCUT2D eigenvalue weighted by molar-refractivity contribution is -0.148. The van der Waals surface area contributed by atoms with Crippen LogP contribution in [0.25, 0.3) is 0 Å². The summed E-state index contributed by atoms with van der Waals surface area (Å²) in [4.78, 5) is 36.9. The van der Waals surface area contributed by atoms with E-state index in [2.05, 4.69) is 29.4 Å². The highest BCUT2D eigenvalue weighted by atomic mass is 32.2. The molecule has 4 rings (SSSR count). The van der Waals surface area contributed by atoms with Crippen LogP contribution in [0.5, 0.6) is 0 Å². The number of hydrogen-bond donors (Lipinski definition) is 2. The Labute approximate surface area is 218 Å². The normalized spacial score (nSPS) is 22.3. The first kappa shape index (κ1) is 26.2. The molecule has 1 fully saturated rings. The standard InChI is InChI=1S/C28H37N5O2S/c1-3-14-29-15-16-33-25(34)20-32-19-22(2)17-31-27(32)36-21-28(33,24-12-8-5-9-13-24)26(35)30-18-23-10-6-4-7-11-23/h4-13,22,29H,3,14-21H2,1-2H3,(H,30,35). The zero-order valence-electron chi connectivity index (χ0n) is 21.3. The summed E-state index contributed by atoms with van der Waals surface area (Å²) in [6, 6.07) is 19.6.